The number of nitrogens with one attached hydrogen (secondary N) is 1. The smallest absolute Gasteiger partial charge is 0.255 e. The molecule has 3 rings (SSSR count). The first kappa shape index (κ1) is 20.7. The summed E-state index contributed by atoms with van der Waals surface area (Å²) in [4.78, 5) is 17.5. The zero-order chi connectivity index (χ0) is 21.2. The number of carbonyl (C=O) groups is 1. The molecule has 0 saturated heterocycles. The summed E-state index contributed by atoms with van der Waals surface area (Å²) >= 11 is 0. The van der Waals surface area contributed by atoms with Crippen LogP contribution in [0.4, 0.5) is 0 Å². The third kappa shape index (κ3) is 4.54. The van der Waals surface area contributed by atoms with Gasteiger partial charge in [0.25, 0.3) is 5.91 Å². The number of aromatic nitrogens is 3. The van der Waals surface area contributed by atoms with Crippen LogP contribution in [0.1, 0.15) is 54.3 Å². The fourth-order valence-corrected chi connectivity index (χ4v) is 3.74. The molecular weight excluding hydrogens is 388 g/mol. The molecule has 2 heterocycles. The average molecular weight is 413 g/mol. The van der Waals surface area contributed by atoms with Crippen molar-refractivity contribution in [2.24, 2.45) is 0 Å². The minimum atomic E-state index is -3.25. The van der Waals surface area contributed by atoms with E-state index in [1.807, 2.05) is 39.0 Å². The molecule has 1 atom stereocenters. The Balaban J connectivity index is 1.85. The van der Waals surface area contributed by atoms with E-state index in [2.05, 4.69) is 15.4 Å². The number of amides is 1. The van der Waals surface area contributed by atoms with Crippen LogP contribution in [0.2, 0.25) is 0 Å². The van der Waals surface area contributed by atoms with Gasteiger partial charge in [0.2, 0.25) is 0 Å². The van der Waals surface area contributed by atoms with E-state index in [0.717, 1.165) is 11.3 Å². The Labute approximate surface area is 170 Å². The Hall–Kier alpha value is -3.00. The van der Waals surface area contributed by atoms with Gasteiger partial charge in [0, 0.05) is 12.5 Å². The SMILES string of the molecule is CC(C)c1c(C(=O)NC(C)c2ccc(S(C)(=O)=O)cc2)cnn1-c1ccccn1. The van der Waals surface area contributed by atoms with E-state index in [4.69, 9.17) is 0 Å². The molecule has 0 fully saturated rings. The number of hydrogen-bond donors (Lipinski definition) is 1. The van der Waals surface area contributed by atoms with Crippen molar-refractivity contribution in [2.45, 2.75) is 37.6 Å². The van der Waals surface area contributed by atoms with Crippen molar-refractivity contribution in [3.8, 4) is 5.82 Å². The Morgan fingerprint density at radius 3 is 2.31 bits per heavy atom. The first-order chi connectivity index (χ1) is 13.7. The van der Waals surface area contributed by atoms with E-state index in [-0.39, 0.29) is 22.8 Å². The Morgan fingerprint density at radius 1 is 1.07 bits per heavy atom. The van der Waals surface area contributed by atoms with E-state index in [0.29, 0.717) is 11.4 Å². The molecule has 2 aromatic heterocycles. The molecule has 1 unspecified atom stereocenters. The van der Waals surface area contributed by atoms with Gasteiger partial charge < -0.3 is 5.32 Å². The predicted molar refractivity (Wildman–Crippen MR) is 111 cm³/mol. The first-order valence-electron chi connectivity index (χ1n) is 9.28. The summed E-state index contributed by atoms with van der Waals surface area (Å²) in [7, 11) is -3.25. The Kier molecular flexibility index (Phi) is 5.83. The van der Waals surface area contributed by atoms with Gasteiger partial charge in [-0.05, 0) is 42.7 Å². The van der Waals surface area contributed by atoms with Crippen LogP contribution in [0, 0.1) is 0 Å². The molecule has 0 aliphatic rings. The van der Waals surface area contributed by atoms with Gasteiger partial charge in [-0.15, -0.1) is 0 Å². The lowest BCUT2D eigenvalue weighted by molar-refractivity contribution is 0.0938. The molecule has 0 aliphatic carbocycles. The first-order valence-corrected chi connectivity index (χ1v) is 11.2. The van der Waals surface area contributed by atoms with Gasteiger partial charge in [0.15, 0.2) is 15.7 Å². The number of hydrogen-bond acceptors (Lipinski definition) is 5. The number of carbonyl (C=O) groups excluding carboxylic acids is 1. The molecular formula is C21H24N4O3S. The molecule has 29 heavy (non-hydrogen) atoms. The fourth-order valence-electron chi connectivity index (χ4n) is 3.11. The minimum absolute atomic E-state index is 0.0598. The number of benzene rings is 1. The number of nitrogens with zero attached hydrogens (tertiary/aromatic N) is 3. The third-order valence-electron chi connectivity index (χ3n) is 4.62. The molecule has 1 amide bonds. The summed E-state index contributed by atoms with van der Waals surface area (Å²) in [6.07, 6.45) is 4.40. The van der Waals surface area contributed by atoms with Gasteiger partial charge in [0.05, 0.1) is 28.4 Å². The highest BCUT2D eigenvalue weighted by Crippen LogP contribution is 2.23. The van der Waals surface area contributed by atoms with E-state index >= 15 is 0 Å². The lowest BCUT2D eigenvalue weighted by atomic mass is 10.0. The number of pyridine rings is 1. The number of sulfone groups is 1. The maximum absolute atomic E-state index is 12.9. The zero-order valence-electron chi connectivity index (χ0n) is 16.8. The molecule has 0 spiro atoms. The van der Waals surface area contributed by atoms with E-state index < -0.39 is 9.84 Å². The molecule has 0 saturated carbocycles. The summed E-state index contributed by atoms with van der Waals surface area (Å²) in [6.45, 7) is 5.85. The predicted octanol–water partition coefficient (Wildman–Crippen LogP) is 3.29. The van der Waals surface area contributed by atoms with Gasteiger partial charge in [0.1, 0.15) is 0 Å². The van der Waals surface area contributed by atoms with E-state index in [1.54, 1.807) is 41.3 Å². The third-order valence-corrected chi connectivity index (χ3v) is 5.75. The summed E-state index contributed by atoms with van der Waals surface area (Å²) in [5.74, 6) is 0.472. The largest absolute Gasteiger partial charge is 0.345 e. The topological polar surface area (TPSA) is 94.0 Å². The normalized spacial score (nSPS) is 12.7. The standard InChI is InChI=1S/C21H24N4O3S/c1-14(2)20-18(13-23-25(20)19-7-5-6-12-22-19)21(26)24-15(3)16-8-10-17(11-9-16)29(4,27)28/h5-15H,1-4H3,(H,24,26). The maximum atomic E-state index is 12.9. The van der Waals surface area contributed by atoms with Crippen LogP contribution in [0.5, 0.6) is 0 Å². The van der Waals surface area contributed by atoms with E-state index in [9.17, 15) is 13.2 Å². The maximum Gasteiger partial charge on any atom is 0.255 e. The van der Waals surface area contributed by atoms with Gasteiger partial charge in [-0.3, -0.25) is 4.79 Å². The van der Waals surface area contributed by atoms with Gasteiger partial charge >= 0.3 is 0 Å². The molecule has 1 N–H and O–H groups in total. The van der Waals surface area contributed by atoms with Crippen LogP contribution in [-0.2, 0) is 9.84 Å². The van der Waals surface area contributed by atoms with Crippen molar-refractivity contribution < 1.29 is 13.2 Å². The zero-order valence-corrected chi connectivity index (χ0v) is 17.6. The molecule has 8 heteroatoms. The van der Waals surface area contributed by atoms with E-state index in [1.165, 1.54) is 6.26 Å². The summed E-state index contributed by atoms with van der Waals surface area (Å²) < 4.78 is 24.9. The lowest BCUT2D eigenvalue weighted by Crippen LogP contribution is -2.27. The van der Waals surface area contributed by atoms with Crippen molar-refractivity contribution in [2.75, 3.05) is 6.26 Å². The summed E-state index contributed by atoms with van der Waals surface area (Å²) in [5, 5.41) is 7.34. The van der Waals surface area contributed by atoms with Crippen LogP contribution in [0.15, 0.2) is 59.8 Å². The second-order valence-corrected chi connectivity index (χ2v) is 9.25. The molecule has 0 bridgehead atoms. The molecule has 0 radical (unpaired) electrons. The second kappa shape index (κ2) is 8.16. The van der Waals surface area contributed by atoms with Gasteiger partial charge in [-0.1, -0.05) is 32.0 Å². The molecule has 0 aliphatic heterocycles. The highest BCUT2D eigenvalue weighted by molar-refractivity contribution is 7.90. The fraction of sp³-hybridized carbons (Fsp3) is 0.286. The quantitative estimate of drug-likeness (QED) is 0.670. The van der Waals surface area contributed by atoms with Crippen molar-refractivity contribution in [3.63, 3.8) is 0 Å². The van der Waals surface area contributed by atoms with Crippen LogP contribution in [0.25, 0.3) is 5.82 Å². The van der Waals surface area contributed by atoms with Gasteiger partial charge in [-0.2, -0.15) is 5.10 Å². The number of rotatable bonds is 6. The minimum Gasteiger partial charge on any atom is -0.345 e. The molecule has 7 nitrogen and oxygen atoms in total. The average Bonchev–Trinajstić information content (AvgIpc) is 3.13. The second-order valence-electron chi connectivity index (χ2n) is 7.23. The van der Waals surface area contributed by atoms with Crippen LogP contribution in [0.3, 0.4) is 0 Å². The molecule has 1 aromatic carbocycles. The van der Waals surface area contributed by atoms with Crippen LogP contribution < -0.4 is 5.32 Å². The van der Waals surface area contributed by atoms with Crippen molar-refractivity contribution in [1.29, 1.82) is 0 Å². The van der Waals surface area contributed by atoms with Crippen LogP contribution >= 0.6 is 0 Å². The molecule has 3 aromatic rings. The molecule has 152 valence electrons. The summed E-state index contributed by atoms with van der Waals surface area (Å²) in [6, 6.07) is 11.8. The Morgan fingerprint density at radius 2 is 1.76 bits per heavy atom. The monoisotopic (exact) mass is 412 g/mol. The highest BCUT2D eigenvalue weighted by atomic mass is 32.2. The van der Waals surface area contributed by atoms with Crippen molar-refractivity contribution in [3.05, 3.63) is 71.7 Å². The van der Waals surface area contributed by atoms with Crippen LogP contribution in [-0.4, -0.2) is 35.3 Å². The lowest BCUT2D eigenvalue weighted by Gasteiger charge is -2.16. The highest BCUT2D eigenvalue weighted by Gasteiger charge is 2.22. The van der Waals surface area contributed by atoms with Crippen molar-refractivity contribution in [1.82, 2.24) is 20.1 Å². The summed E-state index contributed by atoms with van der Waals surface area (Å²) in [5.41, 5.74) is 2.08. The Bertz CT molecular complexity index is 1100. The van der Waals surface area contributed by atoms with Gasteiger partial charge in [-0.25, -0.2) is 18.1 Å². The van der Waals surface area contributed by atoms with Crippen molar-refractivity contribution >= 4 is 15.7 Å².